The van der Waals surface area contributed by atoms with Crippen molar-refractivity contribution in [1.82, 2.24) is 9.55 Å². The van der Waals surface area contributed by atoms with E-state index in [0.29, 0.717) is 32.0 Å². The molecular formula is C9H13N3O3. The third kappa shape index (κ3) is 2.34. The van der Waals surface area contributed by atoms with E-state index in [-0.39, 0.29) is 6.10 Å². The van der Waals surface area contributed by atoms with Crippen molar-refractivity contribution < 1.29 is 14.3 Å². The molecule has 0 atom stereocenters. The van der Waals surface area contributed by atoms with Crippen LogP contribution in [0.25, 0.3) is 0 Å². The summed E-state index contributed by atoms with van der Waals surface area (Å²) in [6.45, 7) is 2.12. The summed E-state index contributed by atoms with van der Waals surface area (Å²) in [5.74, 6) is -0.404. The monoisotopic (exact) mass is 211 g/mol. The minimum absolute atomic E-state index is 0.114. The molecule has 1 fully saturated rings. The van der Waals surface area contributed by atoms with Gasteiger partial charge < -0.3 is 19.8 Å². The number of esters is 1. The zero-order valence-corrected chi connectivity index (χ0v) is 8.26. The fraction of sp³-hybridized carbons (Fsp3) is 0.556. The van der Waals surface area contributed by atoms with Crippen LogP contribution in [0.3, 0.4) is 0 Å². The molecule has 0 unspecified atom stereocenters. The summed E-state index contributed by atoms with van der Waals surface area (Å²) in [7, 11) is 0. The first-order valence-electron chi connectivity index (χ1n) is 4.80. The summed E-state index contributed by atoms with van der Waals surface area (Å²) in [4.78, 5) is 15.4. The van der Waals surface area contributed by atoms with Gasteiger partial charge in [-0.25, -0.2) is 9.78 Å². The predicted octanol–water partition coefficient (Wildman–Crippen LogP) is -0.603. The highest BCUT2D eigenvalue weighted by atomic mass is 16.6. The molecule has 0 spiro atoms. The van der Waals surface area contributed by atoms with Gasteiger partial charge in [-0.15, -0.1) is 0 Å². The normalized spacial score (nSPS) is 16.1. The first-order valence-corrected chi connectivity index (χ1v) is 4.80. The average molecular weight is 211 g/mol. The second kappa shape index (κ2) is 4.41. The Labute approximate surface area is 87.0 Å². The highest BCUT2D eigenvalue weighted by Gasteiger charge is 2.24. The Morgan fingerprint density at radius 3 is 3.13 bits per heavy atom. The van der Waals surface area contributed by atoms with Crippen LogP contribution in [0.2, 0.25) is 0 Å². The molecule has 6 nitrogen and oxygen atoms in total. The summed E-state index contributed by atoms with van der Waals surface area (Å²) in [5, 5.41) is 0. The summed E-state index contributed by atoms with van der Waals surface area (Å²) in [6.07, 6.45) is 3.09. The number of aromatic nitrogens is 2. The Hall–Kier alpha value is -1.40. The fourth-order valence-electron chi connectivity index (χ4n) is 1.23. The lowest BCUT2D eigenvalue weighted by Crippen LogP contribution is -2.37. The number of nitrogens with zero attached hydrogens (tertiary/aromatic N) is 2. The van der Waals surface area contributed by atoms with Crippen LogP contribution in [-0.2, 0) is 16.0 Å². The molecule has 0 aromatic carbocycles. The topological polar surface area (TPSA) is 79.4 Å². The Bertz CT molecular complexity index is 346. The summed E-state index contributed by atoms with van der Waals surface area (Å²) in [5.41, 5.74) is 5.69. The van der Waals surface area contributed by atoms with E-state index in [1.54, 1.807) is 17.1 Å². The van der Waals surface area contributed by atoms with E-state index < -0.39 is 5.97 Å². The number of ether oxygens (including phenoxy) is 2. The van der Waals surface area contributed by atoms with E-state index in [0.717, 1.165) is 0 Å². The molecule has 2 N–H and O–H groups in total. The van der Waals surface area contributed by atoms with E-state index in [1.807, 2.05) is 0 Å². The van der Waals surface area contributed by atoms with Crippen LogP contribution >= 0.6 is 0 Å². The average Bonchev–Trinajstić information content (AvgIpc) is 2.60. The Balaban J connectivity index is 1.92. The molecule has 1 saturated heterocycles. The number of rotatable bonds is 4. The minimum atomic E-state index is -0.404. The molecule has 6 heteroatoms. The van der Waals surface area contributed by atoms with Gasteiger partial charge in [-0.1, -0.05) is 0 Å². The molecule has 2 rings (SSSR count). The van der Waals surface area contributed by atoms with E-state index in [2.05, 4.69) is 4.98 Å². The van der Waals surface area contributed by atoms with Crippen molar-refractivity contribution in [2.24, 2.45) is 5.73 Å². The van der Waals surface area contributed by atoms with Crippen LogP contribution in [0.15, 0.2) is 12.5 Å². The highest BCUT2D eigenvalue weighted by Crippen LogP contribution is 2.08. The second-order valence-electron chi connectivity index (χ2n) is 3.35. The molecule has 1 aromatic rings. The maximum Gasteiger partial charge on any atom is 0.358 e. The molecule has 1 aromatic heterocycles. The third-order valence-electron chi connectivity index (χ3n) is 2.11. The summed E-state index contributed by atoms with van der Waals surface area (Å²) < 4.78 is 11.7. The SMILES string of the molecule is NCCn1cnc(C(=O)OC2COC2)c1. The van der Waals surface area contributed by atoms with Crippen molar-refractivity contribution in [2.45, 2.75) is 12.6 Å². The van der Waals surface area contributed by atoms with Gasteiger partial charge in [0.1, 0.15) is 6.10 Å². The van der Waals surface area contributed by atoms with Crippen molar-refractivity contribution >= 4 is 5.97 Å². The van der Waals surface area contributed by atoms with Crippen LogP contribution < -0.4 is 5.73 Å². The molecule has 0 aliphatic carbocycles. The van der Waals surface area contributed by atoms with Gasteiger partial charge in [0.25, 0.3) is 0 Å². The number of hydrogen-bond donors (Lipinski definition) is 1. The molecule has 1 aliphatic heterocycles. The number of carbonyl (C=O) groups is 1. The van der Waals surface area contributed by atoms with Crippen LogP contribution in [0, 0.1) is 0 Å². The van der Waals surface area contributed by atoms with Gasteiger partial charge in [0.2, 0.25) is 0 Å². The molecule has 0 saturated carbocycles. The standard InChI is InChI=1S/C9H13N3O3/c10-1-2-12-3-8(11-6-12)9(13)15-7-4-14-5-7/h3,6-7H,1-2,4-5,10H2. The van der Waals surface area contributed by atoms with Gasteiger partial charge in [-0.2, -0.15) is 0 Å². The van der Waals surface area contributed by atoms with E-state index in [9.17, 15) is 4.79 Å². The molecule has 0 amide bonds. The van der Waals surface area contributed by atoms with Crippen LogP contribution in [0.5, 0.6) is 0 Å². The van der Waals surface area contributed by atoms with Crippen molar-refractivity contribution in [2.75, 3.05) is 19.8 Å². The first kappa shape index (κ1) is 10.1. The van der Waals surface area contributed by atoms with Crippen LogP contribution in [0.4, 0.5) is 0 Å². The van der Waals surface area contributed by atoms with Crippen LogP contribution in [0.1, 0.15) is 10.5 Å². The molecule has 15 heavy (non-hydrogen) atoms. The Morgan fingerprint density at radius 2 is 2.53 bits per heavy atom. The van der Waals surface area contributed by atoms with Crippen molar-refractivity contribution in [3.8, 4) is 0 Å². The maximum absolute atomic E-state index is 11.5. The van der Waals surface area contributed by atoms with Gasteiger partial charge in [0.15, 0.2) is 5.69 Å². The summed E-state index contributed by atoms with van der Waals surface area (Å²) in [6, 6.07) is 0. The molecule has 82 valence electrons. The zero-order valence-electron chi connectivity index (χ0n) is 8.26. The number of carbonyl (C=O) groups excluding carboxylic acids is 1. The first-order chi connectivity index (χ1) is 7.29. The number of nitrogens with two attached hydrogens (primary N) is 1. The smallest absolute Gasteiger partial charge is 0.358 e. The van der Waals surface area contributed by atoms with Gasteiger partial charge in [0.05, 0.1) is 19.5 Å². The van der Waals surface area contributed by atoms with Crippen molar-refractivity contribution in [1.29, 1.82) is 0 Å². The lowest BCUT2D eigenvalue weighted by atomic mass is 10.3. The fourth-order valence-corrected chi connectivity index (χ4v) is 1.23. The zero-order chi connectivity index (χ0) is 10.7. The Morgan fingerprint density at radius 1 is 1.73 bits per heavy atom. The molecule has 0 radical (unpaired) electrons. The van der Waals surface area contributed by atoms with Crippen LogP contribution in [-0.4, -0.2) is 41.4 Å². The largest absolute Gasteiger partial charge is 0.453 e. The number of hydrogen-bond acceptors (Lipinski definition) is 5. The van der Waals surface area contributed by atoms with E-state index in [1.165, 1.54) is 0 Å². The molecular weight excluding hydrogens is 198 g/mol. The van der Waals surface area contributed by atoms with Gasteiger partial charge in [-0.05, 0) is 0 Å². The van der Waals surface area contributed by atoms with Crippen molar-refractivity contribution in [3.63, 3.8) is 0 Å². The Kier molecular flexibility index (Phi) is 2.98. The lowest BCUT2D eigenvalue weighted by Gasteiger charge is -2.25. The molecule has 0 bridgehead atoms. The van der Waals surface area contributed by atoms with Gasteiger partial charge in [-0.3, -0.25) is 0 Å². The lowest BCUT2D eigenvalue weighted by molar-refractivity contribution is -0.103. The van der Waals surface area contributed by atoms with Gasteiger partial charge >= 0.3 is 5.97 Å². The highest BCUT2D eigenvalue weighted by molar-refractivity contribution is 5.87. The molecule has 2 heterocycles. The van der Waals surface area contributed by atoms with E-state index in [4.69, 9.17) is 15.2 Å². The predicted molar refractivity (Wildman–Crippen MR) is 51.3 cm³/mol. The second-order valence-corrected chi connectivity index (χ2v) is 3.35. The van der Waals surface area contributed by atoms with E-state index >= 15 is 0 Å². The van der Waals surface area contributed by atoms with Gasteiger partial charge in [0, 0.05) is 19.3 Å². The molecule has 1 aliphatic rings. The quantitative estimate of drug-likeness (QED) is 0.672. The third-order valence-corrected chi connectivity index (χ3v) is 2.11. The van der Waals surface area contributed by atoms with Crippen molar-refractivity contribution in [3.05, 3.63) is 18.2 Å². The maximum atomic E-state index is 11.5. The number of imidazole rings is 1. The minimum Gasteiger partial charge on any atom is -0.453 e. The summed E-state index contributed by atoms with van der Waals surface area (Å²) >= 11 is 0.